The molecular weight excluding hydrogens is 495 g/mol. The number of hydrogen-bond donors (Lipinski definition) is 3. The van der Waals surface area contributed by atoms with Gasteiger partial charge in [0.05, 0.1) is 17.0 Å². The molecule has 0 aliphatic carbocycles. The molecule has 0 spiro atoms. The third kappa shape index (κ3) is 7.46. The fraction of sp³-hybridized carbons (Fsp3) is 0.240. The smallest absolute Gasteiger partial charge is 0.416 e. The van der Waals surface area contributed by atoms with Gasteiger partial charge >= 0.3 is 6.18 Å². The van der Waals surface area contributed by atoms with Crippen LogP contribution in [0.1, 0.15) is 22.3 Å². The lowest BCUT2D eigenvalue weighted by Crippen LogP contribution is -2.21. The Kier molecular flexibility index (Phi) is 8.26. The zero-order valence-electron chi connectivity index (χ0n) is 19.6. The minimum atomic E-state index is -4.42. The van der Waals surface area contributed by atoms with Crippen LogP contribution in [0, 0.1) is 0 Å². The van der Waals surface area contributed by atoms with E-state index in [9.17, 15) is 31.5 Å². The van der Waals surface area contributed by atoms with Gasteiger partial charge < -0.3 is 15.3 Å². The number of anilines is 2. The molecule has 0 saturated carbocycles. The van der Waals surface area contributed by atoms with Crippen molar-refractivity contribution in [2.75, 3.05) is 36.4 Å². The molecule has 0 aliphatic rings. The lowest BCUT2D eigenvalue weighted by molar-refractivity contribution is -0.137. The van der Waals surface area contributed by atoms with Gasteiger partial charge in [0, 0.05) is 11.3 Å². The minimum Gasteiger partial charge on any atom is -0.506 e. The third-order valence-electron chi connectivity index (χ3n) is 5.23. The number of hydrogen-bond acceptors (Lipinski definition) is 5. The lowest BCUT2D eigenvalue weighted by Gasteiger charge is -2.13. The van der Waals surface area contributed by atoms with E-state index in [1.54, 1.807) is 12.1 Å². The van der Waals surface area contributed by atoms with Crippen LogP contribution in [0.25, 0.3) is 11.1 Å². The molecule has 11 heteroatoms. The first-order valence-electron chi connectivity index (χ1n) is 10.9. The molecule has 0 aromatic heterocycles. The van der Waals surface area contributed by atoms with Crippen molar-refractivity contribution in [3.8, 4) is 16.9 Å². The summed E-state index contributed by atoms with van der Waals surface area (Å²) < 4.78 is 65.2. The van der Waals surface area contributed by atoms with Crippen LogP contribution in [0.15, 0.2) is 66.7 Å². The fourth-order valence-corrected chi connectivity index (χ4v) is 4.46. The fourth-order valence-electron chi connectivity index (χ4n) is 3.35. The normalized spacial score (nSPS) is 11.9. The molecule has 0 bridgehead atoms. The van der Waals surface area contributed by atoms with Crippen LogP contribution in [-0.4, -0.2) is 50.7 Å². The largest absolute Gasteiger partial charge is 0.506 e. The Morgan fingerprint density at radius 1 is 0.944 bits per heavy atom. The number of alkyl halides is 3. The summed E-state index contributed by atoms with van der Waals surface area (Å²) in [5.74, 6) is -0.906. The van der Waals surface area contributed by atoms with Crippen LogP contribution in [0.2, 0.25) is 0 Å². The van der Waals surface area contributed by atoms with Crippen molar-refractivity contribution >= 4 is 27.3 Å². The summed E-state index contributed by atoms with van der Waals surface area (Å²) in [4.78, 5) is 14.5. The van der Waals surface area contributed by atoms with Crippen LogP contribution >= 0.6 is 0 Å². The van der Waals surface area contributed by atoms with Crippen molar-refractivity contribution in [3.05, 3.63) is 77.9 Å². The monoisotopic (exact) mass is 521 g/mol. The van der Waals surface area contributed by atoms with Crippen molar-refractivity contribution in [1.82, 2.24) is 4.90 Å². The lowest BCUT2D eigenvalue weighted by atomic mass is 10.0. The number of carbonyl (C=O) groups is 1. The molecule has 3 aromatic carbocycles. The number of aromatic hydroxyl groups is 1. The van der Waals surface area contributed by atoms with Crippen LogP contribution < -0.4 is 10.0 Å². The van der Waals surface area contributed by atoms with Gasteiger partial charge in [0.15, 0.2) is 0 Å². The summed E-state index contributed by atoms with van der Waals surface area (Å²) in [6, 6.07) is 15.0. The maximum atomic E-state index is 12.8. The molecule has 3 N–H and O–H groups in total. The van der Waals surface area contributed by atoms with Crippen molar-refractivity contribution in [1.29, 1.82) is 0 Å². The van der Waals surface area contributed by atoms with Gasteiger partial charge in [0.2, 0.25) is 10.0 Å². The van der Waals surface area contributed by atoms with Crippen LogP contribution in [-0.2, 0) is 16.2 Å². The van der Waals surface area contributed by atoms with Gasteiger partial charge in [-0.3, -0.25) is 9.52 Å². The van der Waals surface area contributed by atoms with E-state index < -0.39 is 27.7 Å². The molecule has 0 aliphatic heterocycles. The number of amides is 1. The molecule has 36 heavy (non-hydrogen) atoms. The molecule has 7 nitrogen and oxygen atoms in total. The molecule has 0 saturated heterocycles. The van der Waals surface area contributed by atoms with E-state index in [1.807, 2.05) is 19.0 Å². The molecule has 0 unspecified atom stereocenters. The highest BCUT2D eigenvalue weighted by atomic mass is 32.2. The molecular formula is C25H26F3N3O4S. The van der Waals surface area contributed by atoms with Gasteiger partial charge in [-0.05, 0) is 80.7 Å². The highest BCUT2D eigenvalue weighted by Crippen LogP contribution is 2.31. The van der Waals surface area contributed by atoms with Crippen LogP contribution in [0.5, 0.6) is 5.75 Å². The molecule has 192 valence electrons. The summed E-state index contributed by atoms with van der Waals surface area (Å²) in [5, 5.41) is 12.7. The number of benzene rings is 3. The van der Waals surface area contributed by atoms with Crippen LogP contribution in [0.4, 0.5) is 24.5 Å². The SMILES string of the molecule is CN(C)CCCS(=O)(=O)Nc1cc(NC(=O)c2ccc(-c3ccc(C(F)(F)F)cc3)cc2)ccc1O. The van der Waals surface area contributed by atoms with E-state index in [-0.39, 0.29) is 28.4 Å². The minimum absolute atomic E-state index is 0.0599. The quantitative estimate of drug-likeness (QED) is 0.271. The first-order chi connectivity index (χ1) is 16.8. The Morgan fingerprint density at radius 2 is 1.53 bits per heavy atom. The molecule has 1 amide bonds. The highest BCUT2D eigenvalue weighted by molar-refractivity contribution is 7.92. The van der Waals surface area contributed by atoms with E-state index in [0.717, 1.165) is 12.1 Å². The van der Waals surface area contributed by atoms with Crippen molar-refractivity contribution in [3.63, 3.8) is 0 Å². The number of sulfonamides is 1. The van der Waals surface area contributed by atoms with Gasteiger partial charge in [0.1, 0.15) is 5.75 Å². The van der Waals surface area contributed by atoms with Crippen molar-refractivity contribution in [2.24, 2.45) is 0 Å². The first kappa shape index (κ1) is 27.0. The van der Waals surface area contributed by atoms with E-state index in [1.165, 1.54) is 42.5 Å². The molecule has 3 aromatic rings. The van der Waals surface area contributed by atoms with Gasteiger partial charge in [-0.2, -0.15) is 13.2 Å². The predicted molar refractivity (Wildman–Crippen MR) is 134 cm³/mol. The number of nitrogens with one attached hydrogen (secondary N) is 2. The van der Waals surface area contributed by atoms with Crippen LogP contribution in [0.3, 0.4) is 0 Å². The summed E-state index contributed by atoms with van der Waals surface area (Å²) in [5.41, 5.74) is 0.939. The highest BCUT2D eigenvalue weighted by Gasteiger charge is 2.30. The maximum absolute atomic E-state index is 12.8. The van der Waals surface area contributed by atoms with Gasteiger partial charge in [-0.25, -0.2) is 8.42 Å². The van der Waals surface area contributed by atoms with E-state index in [2.05, 4.69) is 10.0 Å². The first-order valence-corrected chi connectivity index (χ1v) is 12.6. The molecule has 3 rings (SSSR count). The molecule has 0 fully saturated rings. The average Bonchev–Trinajstić information content (AvgIpc) is 2.80. The second-order valence-corrected chi connectivity index (χ2v) is 10.3. The zero-order valence-corrected chi connectivity index (χ0v) is 20.4. The number of rotatable bonds is 9. The predicted octanol–water partition coefficient (Wildman–Crippen LogP) is 5.02. The third-order valence-corrected chi connectivity index (χ3v) is 6.59. The summed E-state index contributed by atoms with van der Waals surface area (Å²) >= 11 is 0. The number of carbonyl (C=O) groups excluding carboxylic acids is 1. The Labute approximate surface area is 207 Å². The standard InChI is InChI=1S/C25H26F3N3O4S/c1-31(2)14-3-15-36(34,35)30-22-16-21(12-13-23(22)32)29-24(33)19-6-4-17(5-7-19)18-8-10-20(11-9-18)25(26,27)28/h4-13,16,30,32H,3,14-15H2,1-2H3,(H,29,33). The topological polar surface area (TPSA) is 98.7 Å². The van der Waals surface area contributed by atoms with E-state index in [4.69, 9.17) is 0 Å². The average molecular weight is 522 g/mol. The maximum Gasteiger partial charge on any atom is 0.416 e. The Hall–Kier alpha value is -3.57. The Morgan fingerprint density at radius 3 is 2.08 bits per heavy atom. The molecule has 0 atom stereocenters. The van der Waals surface area contributed by atoms with Gasteiger partial charge in [-0.1, -0.05) is 24.3 Å². The zero-order chi connectivity index (χ0) is 26.5. The number of nitrogens with zero attached hydrogens (tertiary/aromatic N) is 1. The molecule has 0 radical (unpaired) electrons. The molecule has 0 heterocycles. The Balaban J connectivity index is 1.68. The number of phenolic OH excluding ortho intramolecular Hbond substituents is 1. The summed E-state index contributed by atoms with van der Waals surface area (Å²) in [6.45, 7) is 0.584. The van der Waals surface area contributed by atoms with Crippen molar-refractivity contribution in [2.45, 2.75) is 12.6 Å². The Bertz CT molecular complexity index is 1310. The number of halogens is 3. The van der Waals surface area contributed by atoms with E-state index >= 15 is 0 Å². The van der Waals surface area contributed by atoms with Gasteiger partial charge in [-0.15, -0.1) is 0 Å². The summed E-state index contributed by atoms with van der Waals surface area (Å²) in [7, 11) is -0.0368. The van der Waals surface area contributed by atoms with E-state index in [0.29, 0.717) is 24.1 Å². The van der Waals surface area contributed by atoms with Gasteiger partial charge in [0.25, 0.3) is 5.91 Å². The number of phenols is 1. The second-order valence-electron chi connectivity index (χ2n) is 8.42. The second kappa shape index (κ2) is 11.0. The summed E-state index contributed by atoms with van der Waals surface area (Å²) in [6.07, 6.45) is -4.01. The van der Waals surface area contributed by atoms with Crippen molar-refractivity contribution < 1.29 is 31.5 Å².